The monoisotopic (exact) mass is 211 g/mol. The molecule has 1 heterocycles. The Labute approximate surface area is 91.6 Å². The van der Waals surface area contributed by atoms with Gasteiger partial charge in [-0.05, 0) is 18.4 Å². The molecule has 0 radical (unpaired) electrons. The summed E-state index contributed by atoms with van der Waals surface area (Å²) in [4.78, 5) is 0. The average molecular weight is 211 g/mol. The van der Waals surface area contributed by atoms with Crippen LogP contribution in [-0.2, 0) is 17.9 Å². The highest BCUT2D eigenvalue weighted by Gasteiger charge is 2.03. The lowest BCUT2D eigenvalue weighted by Gasteiger charge is -2.09. The van der Waals surface area contributed by atoms with E-state index in [2.05, 4.69) is 13.8 Å². The van der Waals surface area contributed by atoms with Crippen molar-refractivity contribution in [3.8, 4) is 0 Å². The number of ether oxygens (including phenoxy) is 1. The molecule has 0 bridgehead atoms. The Morgan fingerprint density at radius 2 is 2.33 bits per heavy atom. The molecule has 86 valence electrons. The summed E-state index contributed by atoms with van der Waals surface area (Å²) in [5, 5.41) is 0. The molecule has 0 aliphatic rings. The molecule has 0 saturated heterocycles. The van der Waals surface area contributed by atoms with Gasteiger partial charge in [0.1, 0.15) is 12.4 Å². The third-order valence-corrected chi connectivity index (χ3v) is 2.37. The van der Waals surface area contributed by atoms with Gasteiger partial charge in [0.25, 0.3) is 0 Å². The van der Waals surface area contributed by atoms with Gasteiger partial charge in [-0.15, -0.1) is 0 Å². The van der Waals surface area contributed by atoms with Crippen LogP contribution in [-0.4, -0.2) is 6.61 Å². The standard InChI is InChI=1S/C12H21NO2/c1-3-4-10(2)7-14-9-12-5-11(6-13)8-15-12/h5,8,10H,3-4,6-7,9,13H2,1-2H3. The van der Waals surface area contributed by atoms with Crippen LogP contribution in [0.2, 0.25) is 0 Å². The first-order chi connectivity index (χ1) is 7.26. The molecule has 1 rings (SSSR count). The Morgan fingerprint density at radius 3 is 2.93 bits per heavy atom. The van der Waals surface area contributed by atoms with Gasteiger partial charge in [-0.2, -0.15) is 0 Å². The van der Waals surface area contributed by atoms with Crippen LogP contribution in [0.5, 0.6) is 0 Å². The van der Waals surface area contributed by atoms with Crippen molar-refractivity contribution in [2.45, 2.75) is 39.8 Å². The summed E-state index contributed by atoms with van der Waals surface area (Å²) in [5.41, 5.74) is 6.50. The second-order valence-electron chi connectivity index (χ2n) is 4.03. The molecule has 0 aromatic carbocycles. The third-order valence-electron chi connectivity index (χ3n) is 2.37. The molecule has 1 atom stereocenters. The number of nitrogens with two attached hydrogens (primary N) is 1. The fourth-order valence-corrected chi connectivity index (χ4v) is 1.55. The van der Waals surface area contributed by atoms with Gasteiger partial charge in [0.05, 0.1) is 6.26 Å². The predicted molar refractivity (Wildman–Crippen MR) is 60.3 cm³/mol. The van der Waals surface area contributed by atoms with Crippen molar-refractivity contribution in [3.05, 3.63) is 23.7 Å². The summed E-state index contributed by atoms with van der Waals surface area (Å²) in [6, 6.07) is 1.95. The van der Waals surface area contributed by atoms with Crippen molar-refractivity contribution in [1.29, 1.82) is 0 Å². The summed E-state index contributed by atoms with van der Waals surface area (Å²) in [6.45, 7) is 6.27. The molecule has 3 nitrogen and oxygen atoms in total. The normalized spacial score (nSPS) is 13.0. The van der Waals surface area contributed by atoms with Crippen LogP contribution in [0.15, 0.2) is 16.7 Å². The molecule has 3 heteroatoms. The van der Waals surface area contributed by atoms with Crippen molar-refractivity contribution >= 4 is 0 Å². The first-order valence-corrected chi connectivity index (χ1v) is 5.60. The molecular formula is C12H21NO2. The summed E-state index contributed by atoms with van der Waals surface area (Å²) in [7, 11) is 0. The lowest BCUT2D eigenvalue weighted by Crippen LogP contribution is -2.05. The lowest BCUT2D eigenvalue weighted by molar-refractivity contribution is 0.0776. The molecule has 2 N–H and O–H groups in total. The Morgan fingerprint density at radius 1 is 1.53 bits per heavy atom. The molecule has 0 spiro atoms. The van der Waals surface area contributed by atoms with Crippen molar-refractivity contribution in [3.63, 3.8) is 0 Å². The minimum Gasteiger partial charge on any atom is -0.467 e. The molecule has 0 aliphatic carbocycles. The zero-order valence-corrected chi connectivity index (χ0v) is 9.66. The van der Waals surface area contributed by atoms with E-state index in [1.54, 1.807) is 6.26 Å². The van der Waals surface area contributed by atoms with Gasteiger partial charge >= 0.3 is 0 Å². The van der Waals surface area contributed by atoms with Crippen LogP contribution in [0.4, 0.5) is 0 Å². The molecule has 0 fully saturated rings. The SMILES string of the molecule is CCCC(C)COCc1cc(CN)co1. The summed E-state index contributed by atoms with van der Waals surface area (Å²) in [5.74, 6) is 1.48. The molecule has 15 heavy (non-hydrogen) atoms. The van der Waals surface area contributed by atoms with E-state index in [-0.39, 0.29) is 0 Å². The summed E-state index contributed by atoms with van der Waals surface area (Å²) in [6.07, 6.45) is 4.11. The van der Waals surface area contributed by atoms with E-state index in [1.165, 1.54) is 12.8 Å². The largest absolute Gasteiger partial charge is 0.467 e. The number of hydrogen-bond acceptors (Lipinski definition) is 3. The van der Waals surface area contributed by atoms with Crippen LogP contribution < -0.4 is 5.73 Å². The van der Waals surface area contributed by atoms with Gasteiger partial charge in [-0.1, -0.05) is 20.3 Å². The van der Waals surface area contributed by atoms with Gasteiger partial charge in [0.15, 0.2) is 0 Å². The first kappa shape index (κ1) is 12.3. The van der Waals surface area contributed by atoms with Gasteiger partial charge in [-0.3, -0.25) is 0 Å². The minimum absolute atomic E-state index is 0.524. The Balaban J connectivity index is 2.19. The lowest BCUT2D eigenvalue weighted by atomic mass is 10.1. The maximum atomic E-state index is 5.56. The molecule has 1 aromatic heterocycles. The molecule has 1 unspecified atom stereocenters. The number of hydrogen-bond donors (Lipinski definition) is 1. The fourth-order valence-electron chi connectivity index (χ4n) is 1.55. The zero-order valence-electron chi connectivity index (χ0n) is 9.66. The number of furan rings is 1. The van der Waals surface area contributed by atoms with Crippen LogP contribution in [0, 0.1) is 5.92 Å². The van der Waals surface area contributed by atoms with E-state index in [1.807, 2.05) is 6.07 Å². The highest BCUT2D eigenvalue weighted by atomic mass is 16.5. The van der Waals surface area contributed by atoms with Crippen molar-refractivity contribution in [1.82, 2.24) is 0 Å². The van der Waals surface area contributed by atoms with Crippen LogP contribution in [0.1, 0.15) is 38.0 Å². The van der Waals surface area contributed by atoms with Crippen LogP contribution >= 0.6 is 0 Å². The first-order valence-electron chi connectivity index (χ1n) is 5.60. The molecule has 0 aliphatic heterocycles. The van der Waals surface area contributed by atoms with Crippen LogP contribution in [0.25, 0.3) is 0 Å². The smallest absolute Gasteiger partial charge is 0.129 e. The van der Waals surface area contributed by atoms with Crippen molar-refractivity contribution in [2.75, 3.05) is 6.61 Å². The summed E-state index contributed by atoms with van der Waals surface area (Å²) >= 11 is 0. The number of rotatable bonds is 7. The van der Waals surface area contributed by atoms with Crippen LogP contribution in [0.3, 0.4) is 0 Å². The highest BCUT2D eigenvalue weighted by Crippen LogP contribution is 2.10. The quantitative estimate of drug-likeness (QED) is 0.754. The third kappa shape index (κ3) is 4.49. The van der Waals surface area contributed by atoms with E-state index in [9.17, 15) is 0 Å². The van der Waals surface area contributed by atoms with Gasteiger partial charge in [0.2, 0.25) is 0 Å². The maximum absolute atomic E-state index is 5.56. The Kier molecular flexibility index (Phi) is 5.43. The van der Waals surface area contributed by atoms with Crippen molar-refractivity contribution < 1.29 is 9.15 Å². The predicted octanol–water partition coefficient (Wildman–Crippen LogP) is 2.69. The van der Waals surface area contributed by atoms with Gasteiger partial charge < -0.3 is 14.9 Å². The van der Waals surface area contributed by atoms with Gasteiger partial charge in [0, 0.05) is 18.7 Å². The fraction of sp³-hybridized carbons (Fsp3) is 0.667. The Hall–Kier alpha value is -0.800. The maximum Gasteiger partial charge on any atom is 0.129 e. The molecule has 0 saturated carbocycles. The minimum atomic E-state index is 0.524. The van der Waals surface area contributed by atoms with E-state index in [0.717, 1.165) is 17.9 Å². The second-order valence-corrected chi connectivity index (χ2v) is 4.03. The Bertz CT molecular complexity index is 270. The second kappa shape index (κ2) is 6.64. The molecular weight excluding hydrogens is 190 g/mol. The summed E-state index contributed by atoms with van der Waals surface area (Å²) < 4.78 is 10.8. The molecule has 1 aromatic rings. The van der Waals surface area contributed by atoms with E-state index in [4.69, 9.17) is 14.9 Å². The topological polar surface area (TPSA) is 48.4 Å². The van der Waals surface area contributed by atoms with Crippen molar-refractivity contribution in [2.24, 2.45) is 11.7 Å². The van der Waals surface area contributed by atoms with Gasteiger partial charge in [-0.25, -0.2) is 0 Å². The van der Waals surface area contributed by atoms with E-state index in [0.29, 0.717) is 19.1 Å². The highest BCUT2D eigenvalue weighted by molar-refractivity contribution is 5.11. The average Bonchev–Trinajstić information content (AvgIpc) is 2.66. The van der Waals surface area contributed by atoms with E-state index >= 15 is 0 Å². The zero-order chi connectivity index (χ0) is 11.1. The van der Waals surface area contributed by atoms with E-state index < -0.39 is 0 Å². The molecule has 0 amide bonds.